The summed E-state index contributed by atoms with van der Waals surface area (Å²) in [6.07, 6.45) is 5.81. The van der Waals surface area contributed by atoms with Gasteiger partial charge in [0.2, 0.25) is 0 Å². The number of nitrogens with one attached hydrogen (secondary N) is 4. The molecule has 1 aliphatic heterocycles. The number of alkyl halides is 1. The normalized spacial score (nSPS) is 17.8. The van der Waals surface area contributed by atoms with E-state index in [1.54, 1.807) is 12.2 Å². The number of hydrogen-bond acceptors (Lipinski definition) is 4. The molecule has 0 spiro atoms. The molecule has 2 amide bonds. The number of nitriles is 1. The first-order chi connectivity index (χ1) is 13.9. The van der Waals surface area contributed by atoms with Crippen LogP contribution in [0, 0.1) is 25.2 Å². The van der Waals surface area contributed by atoms with Gasteiger partial charge in [-0.1, -0.05) is 12.2 Å². The predicted molar refractivity (Wildman–Crippen MR) is 114 cm³/mol. The molecule has 0 radical (unpaired) electrons. The van der Waals surface area contributed by atoms with Crippen molar-refractivity contribution in [1.29, 1.82) is 5.26 Å². The topological polar surface area (TPSA) is 110 Å². The van der Waals surface area contributed by atoms with E-state index in [-0.39, 0.29) is 17.7 Å². The smallest absolute Gasteiger partial charge is 0.256 e. The highest BCUT2D eigenvalue weighted by atomic mass is 35.5. The van der Waals surface area contributed by atoms with Crippen molar-refractivity contribution in [2.45, 2.75) is 27.2 Å². The lowest BCUT2D eigenvalue weighted by molar-refractivity contribution is -0.115. The third-order valence-electron chi connectivity index (χ3n) is 4.64. The molecular formula is C21H26ClN5O2. The maximum Gasteiger partial charge on any atom is 0.256 e. The van der Waals surface area contributed by atoms with Gasteiger partial charge in [0.25, 0.3) is 11.8 Å². The van der Waals surface area contributed by atoms with Gasteiger partial charge < -0.3 is 20.9 Å². The SMILES string of the molecule is CC=C1NC(=O)C(=Cc2[nH]c(C)c(C(=O)NCCNCCC#N)c2C)C1=CCCl. The third-order valence-corrected chi connectivity index (χ3v) is 4.79. The number of rotatable bonds is 8. The average molecular weight is 416 g/mol. The van der Waals surface area contributed by atoms with Crippen molar-refractivity contribution in [2.75, 3.05) is 25.5 Å². The highest BCUT2D eigenvalue weighted by molar-refractivity contribution is 6.19. The molecule has 1 aliphatic rings. The van der Waals surface area contributed by atoms with Crippen LogP contribution in [0.1, 0.15) is 40.7 Å². The van der Waals surface area contributed by atoms with E-state index in [2.05, 4.69) is 27.0 Å². The number of aryl methyl sites for hydroxylation is 1. The molecule has 0 aliphatic carbocycles. The molecule has 1 aromatic heterocycles. The zero-order chi connectivity index (χ0) is 21.4. The molecular weight excluding hydrogens is 390 g/mol. The number of aromatic amines is 1. The fourth-order valence-electron chi connectivity index (χ4n) is 3.22. The molecule has 154 valence electrons. The first-order valence-corrected chi connectivity index (χ1v) is 9.99. The fourth-order valence-corrected chi connectivity index (χ4v) is 3.37. The van der Waals surface area contributed by atoms with Gasteiger partial charge in [0.05, 0.1) is 17.2 Å². The lowest BCUT2D eigenvalue weighted by Crippen LogP contribution is -2.32. The highest BCUT2D eigenvalue weighted by Gasteiger charge is 2.27. The highest BCUT2D eigenvalue weighted by Crippen LogP contribution is 2.29. The van der Waals surface area contributed by atoms with Crippen LogP contribution in [0.5, 0.6) is 0 Å². The Balaban J connectivity index is 2.20. The van der Waals surface area contributed by atoms with Gasteiger partial charge >= 0.3 is 0 Å². The Hall–Kier alpha value is -2.82. The van der Waals surface area contributed by atoms with Gasteiger partial charge in [-0.25, -0.2) is 0 Å². The summed E-state index contributed by atoms with van der Waals surface area (Å²) in [4.78, 5) is 28.2. The second-order valence-electron chi connectivity index (χ2n) is 6.56. The molecule has 2 rings (SSSR count). The van der Waals surface area contributed by atoms with Gasteiger partial charge in [-0.05, 0) is 32.4 Å². The Morgan fingerprint density at radius 2 is 2.00 bits per heavy atom. The summed E-state index contributed by atoms with van der Waals surface area (Å²) in [6.45, 7) is 7.18. The Kier molecular flexibility index (Phi) is 8.25. The minimum Gasteiger partial charge on any atom is -0.358 e. The molecule has 2 heterocycles. The van der Waals surface area contributed by atoms with Crippen molar-refractivity contribution in [3.8, 4) is 6.07 Å². The summed E-state index contributed by atoms with van der Waals surface area (Å²) < 4.78 is 0. The zero-order valence-corrected chi connectivity index (χ0v) is 17.7. The van der Waals surface area contributed by atoms with Gasteiger partial charge in [-0.15, -0.1) is 11.6 Å². The van der Waals surface area contributed by atoms with E-state index >= 15 is 0 Å². The quantitative estimate of drug-likeness (QED) is 0.297. The molecule has 1 aromatic rings. The Bertz CT molecular complexity index is 918. The number of carbonyl (C=O) groups is 2. The number of allylic oxidation sites excluding steroid dienone is 3. The summed E-state index contributed by atoms with van der Waals surface area (Å²) in [6, 6.07) is 2.06. The number of carbonyl (C=O) groups excluding carboxylic acids is 2. The van der Waals surface area contributed by atoms with Crippen molar-refractivity contribution in [2.24, 2.45) is 0 Å². The number of hydrogen-bond donors (Lipinski definition) is 4. The molecule has 0 unspecified atom stereocenters. The molecule has 0 atom stereocenters. The summed E-state index contributed by atoms with van der Waals surface area (Å²) in [5.41, 5.74) is 4.79. The molecule has 0 aromatic carbocycles. The van der Waals surface area contributed by atoms with Crippen LogP contribution in [-0.4, -0.2) is 42.3 Å². The summed E-state index contributed by atoms with van der Waals surface area (Å²) in [7, 11) is 0. The van der Waals surface area contributed by atoms with Crippen molar-refractivity contribution in [1.82, 2.24) is 20.9 Å². The maximum absolute atomic E-state index is 12.6. The molecule has 1 saturated heterocycles. The van der Waals surface area contributed by atoms with Crippen LogP contribution in [0.2, 0.25) is 0 Å². The number of H-pyrrole nitrogens is 1. The van der Waals surface area contributed by atoms with Crippen LogP contribution in [0.25, 0.3) is 6.08 Å². The molecule has 29 heavy (non-hydrogen) atoms. The van der Waals surface area contributed by atoms with Gasteiger partial charge in [0.15, 0.2) is 0 Å². The Morgan fingerprint density at radius 1 is 1.24 bits per heavy atom. The minimum atomic E-state index is -0.199. The molecule has 0 saturated carbocycles. The third kappa shape index (κ3) is 5.37. The van der Waals surface area contributed by atoms with E-state index in [4.69, 9.17) is 16.9 Å². The average Bonchev–Trinajstić information content (AvgIpc) is 3.14. The van der Waals surface area contributed by atoms with Crippen LogP contribution in [-0.2, 0) is 4.79 Å². The standard InChI is InChI=1S/C21H26ClN5O2/c1-4-17-15(6-7-22)16(20(28)27-17)12-18-13(2)19(14(3)26-18)21(29)25-11-10-24-9-5-8-23/h4,6,12,24,26H,5,7,9-11H2,1-3H3,(H,25,29)(H,27,28). The lowest BCUT2D eigenvalue weighted by atomic mass is 10.0. The van der Waals surface area contributed by atoms with E-state index in [1.165, 1.54) is 0 Å². The number of amides is 2. The van der Waals surface area contributed by atoms with Gasteiger partial charge in [-0.2, -0.15) is 5.26 Å². The predicted octanol–water partition coefficient (Wildman–Crippen LogP) is 2.45. The monoisotopic (exact) mass is 415 g/mol. The largest absolute Gasteiger partial charge is 0.358 e. The van der Waals surface area contributed by atoms with Crippen LogP contribution < -0.4 is 16.0 Å². The van der Waals surface area contributed by atoms with Crippen molar-refractivity contribution in [3.05, 3.63) is 51.5 Å². The fraction of sp³-hybridized carbons (Fsp3) is 0.381. The van der Waals surface area contributed by atoms with E-state index in [0.29, 0.717) is 42.9 Å². The Labute approximate surface area is 175 Å². The second kappa shape index (κ2) is 10.6. The van der Waals surface area contributed by atoms with Gasteiger partial charge in [-0.3, -0.25) is 9.59 Å². The summed E-state index contributed by atoms with van der Waals surface area (Å²) >= 11 is 5.86. The maximum atomic E-state index is 12.6. The minimum absolute atomic E-state index is 0.176. The first kappa shape index (κ1) is 22.5. The van der Waals surface area contributed by atoms with E-state index in [9.17, 15) is 9.59 Å². The summed E-state index contributed by atoms with van der Waals surface area (Å²) in [5, 5.41) is 17.3. The lowest BCUT2D eigenvalue weighted by Gasteiger charge is -2.06. The van der Waals surface area contributed by atoms with Crippen molar-refractivity contribution in [3.63, 3.8) is 0 Å². The molecule has 4 N–H and O–H groups in total. The van der Waals surface area contributed by atoms with E-state index < -0.39 is 0 Å². The van der Waals surface area contributed by atoms with Crippen LogP contribution >= 0.6 is 11.6 Å². The van der Waals surface area contributed by atoms with E-state index in [1.807, 2.05) is 26.8 Å². The van der Waals surface area contributed by atoms with Crippen molar-refractivity contribution < 1.29 is 9.59 Å². The number of halogens is 1. The Morgan fingerprint density at radius 3 is 2.66 bits per heavy atom. The first-order valence-electron chi connectivity index (χ1n) is 9.45. The van der Waals surface area contributed by atoms with E-state index in [0.717, 1.165) is 22.5 Å². The van der Waals surface area contributed by atoms with Crippen LogP contribution in [0.4, 0.5) is 0 Å². The zero-order valence-electron chi connectivity index (χ0n) is 16.9. The van der Waals surface area contributed by atoms with Gasteiger partial charge in [0, 0.05) is 54.6 Å². The van der Waals surface area contributed by atoms with Crippen LogP contribution in [0.15, 0.2) is 29.0 Å². The van der Waals surface area contributed by atoms with Crippen molar-refractivity contribution >= 4 is 29.5 Å². The number of aromatic nitrogens is 1. The molecule has 1 fully saturated rings. The molecule has 7 nitrogen and oxygen atoms in total. The van der Waals surface area contributed by atoms with Crippen LogP contribution in [0.3, 0.4) is 0 Å². The summed E-state index contributed by atoms with van der Waals surface area (Å²) in [5.74, 6) is -0.0855. The van der Waals surface area contributed by atoms with Gasteiger partial charge in [0.1, 0.15) is 0 Å². The number of nitrogens with zero attached hydrogens (tertiary/aromatic N) is 1. The second-order valence-corrected chi connectivity index (χ2v) is 6.87. The molecule has 8 heteroatoms. The molecule has 0 bridgehead atoms.